The van der Waals surface area contributed by atoms with Gasteiger partial charge in [0.05, 0.1) is 11.1 Å². The molecule has 0 bridgehead atoms. The largest absolute Gasteiger partial charge is 0.507 e. The smallest absolute Gasteiger partial charge is 0.163 e. The lowest BCUT2D eigenvalue weighted by molar-refractivity contribution is 0.100. The number of carbonyl (C=O) groups excluding carboxylic acids is 2. The average Bonchev–Trinajstić information content (AvgIpc) is 2.71. The fourth-order valence-corrected chi connectivity index (χ4v) is 2.41. The van der Waals surface area contributed by atoms with Crippen molar-refractivity contribution in [2.24, 2.45) is 0 Å². The number of rotatable bonds is 2. The van der Waals surface area contributed by atoms with Crippen molar-refractivity contribution < 1.29 is 24.2 Å². The third-order valence-corrected chi connectivity index (χ3v) is 3.46. The lowest BCUT2D eigenvalue weighted by atomic mass is 10.0. The van der Waals surface area contributed by atoms with Crippen LogP contribution in [0.4, 0.5) is 0 Å². The molecule has 3 rings (SSSR count). The standard InChI is InChI=1S/C16H12O5/c1-7(17)9-3-11-12-4-10(8(2)18)14(20)6-16(12)21-15(11)5-13(9)19/h3-6,19-20H,1-2H3. The van der Waals surface area contributed by atoms with Crippen LogP contribution in [0.3, 0.4) is 0 Å². The van der Waals surface area contributed by atoms with Crippen LogP contribution >= 0.6 is 0 Å². The summed E-state index contributed by atoms with van der Waals surface area (Å²) >= 11 is 0. The maximum Gasteiger partial charge on any atom is 0.163 e. The lowest BCUT2D eigenvalue weighted by Gasteiger charge is -2.01. The number of fused-ring (bicyclic) bond motifs is 3. The number of aromatic hydroxyl groups is 2. The van der Waals surface area contributed by atoms with E-state index in [2.05, 4.69) is 0 Å². The first-order chi connectivity index (χ1) is 9.88. The highest BCUT2D eigenvalue weighted by molar-refractivity contribution is 6.12. The van der Waals surface area contributed by atoms with Crippen LogP contribution < -0.4 is 0 Å². The minimum atomic E-state index is -0.269. The fourth-order valence-electron chi connectivity index (χ4n) is 2.41. The zero-order chi connectivity index (χ0) is 15.3. The Morgan fingerprint density at radius 1 is 0.810 bits per heavy atom. The van der Waals surface area contributed by atoms with Gasteiger partial charge in [0, 0.05) is 22.9 Å². The van der Waals surface area contributed by atoms with E-state index in [9.17, 15) is 19.8 Å². The van der Waals surface area contributed by atoms with E-state index in [-0.39, 0.29) is 34.2 Å². The first kappa shape index (κ1) is 13.2. The Bertz CT molecular complexity index is 843. The van der Waals surface area contributed by atoms with Crippen LogP contribution in [-0.2, 0) is 0 Å². The summed E-state index contributed by atoms with van der Waals surface area (Å²) < 4.78 is 5.54. The normalized spacial score (nSPS) is 11.1. The van der Waals surface area contributed by atoms with Gasteiger partial charge in [0.2, 0.25) is 0 Å². The quantitative estimate of drug-likeness (QED) is 0.704. The van der Waals surface area contributed by atoms with E-state index in [1.807, 2.05) is 0 Å². The Balaban J connectivity index is 2.44. The summed E-state index contributed by atoms with van der Waals surface area (Å²) in [6.45, 7) is 2.71. The predicted molar refractivity (Wildman–Crippen MR) is 77.1 cm³/mol. The SMILES string of the molecule is CC(=O)c1cc2c(cc1O)oc1cc(O)c(C(C)=O)cc12. The van der Waals surface area contributed by atoms with Gasteiger partial charge >= 0.3 is 0 Å². The molecule has 2 N–H and O–H groups in total. The molecule has 1 heterocycles. The van der Waals surface area contributed by atoms with Crippen LogP contribution in [0.5, 0.6) is 11.5 Å². The molecule has 0 unspecified atom stereocenters. The number of furan rings is 1. The molecule has 3 aromatic rings. The van der Waals surface area contributed by atoms with Crippen LogP contribution in [0.1, 0.15) is 34.6 Å². The molecule has 0 saturated heterocycles. The zero-order valence-corrected chi connectivity index (χ0v) is 11.4. The van der Waals surface area contributed by atoms with Gasteiger partial charge in [-0.25, -0.2) is 0 Å². The third kappa shape index (κ3) is 1.94. The summed E-state index contributed by atoms with van der Waals surface area (Å²) in [7, 11) is 0. The van der Waals surface area contributed by atoms with Crippen LogP contribution in [0.2, 0.25) is 0 Å². The van der Waals surface area contributed by atoms with Gasteiger partial charge in [-0.3, -0.25) is 9.59 Å². The second kappa shape index (κ2) is 4.34. The molecular weight excluding hydrogens is 272 g/mol. The fraction of sp³-hybridized carbons (Fsp3) is 0.125. The summed E-state index contributed by atoms with van der Waals surface area (Å²) in [6.07, 6.45) is 0. The second-order valence-electron chi connectivity index (χ2n) is 4.95. The van der Waals surface area contributed by atoms with E-state index in [0.717, 1.165) is 0 Å². The average molecular weight is 284 g/mol. The van der Waals surface area contributed by atoms with Gasteiger partial charge < -0.3 is 14.6 Å². The Morgan fingerprint density at radius 2 is 1.19 bits per heavy atom. The number of Topliss-reactive ketones (excluding diaryl/α,β-unsaturated/α-hetero) is 2. The Labute approximate surface area is 119 Å². The Morgan fingerprint density at radius 3 is 1.52 bits per heavy atom. The van der Waals surface area contributed by atoms with Gasteiger partial charge in [0.25, 0.3) is 0 Å². The molecule has 5 heteroatoms. The molecule has 2 aromatic carbocycles. The molecule has 0 radical (unpaired) electrons. The summed E-state index contributed by atoms with van der Waals surface area (Å²) in [5.41, 5.74) is 1.13. The maximum atomic E-state index is 11.5. The van der Waals surface area contributed by atoms with Crippen LogP contribution in [0.15, 0.2) is 28.7 Å². The minimum absolute atomic E-state index is 0.162. The first-order valence-corrected chi connectivity index (χ1v) is 6.32. The second-order valence-corrected chi connectivity index (χ2v) is 4.95. The number of carbonyl (C=O) groups is 2. The van der Waals surface area contributed by atoms with Crippen molar-refractivity contribution in [1.82, 2.24) is 0 Å². The zero-order valence-electron chi connectivity index (χ0n) is 11.4. The lowest BCUT2D eigenvalue weighted by Crippen LogP contribution is -1.93. The van der Waals surface area contributed by atoms with Gasteiger partial charge in [-0.05, 0) is 26.0 Å². The number of phenolic OH excluding ortho intramolecular Hbond substituents is 2. The summed E-state index contributed by atoms with van der Waals surface area (Å²) in [6, 6.07) is 5.77. The highest BCUT2D eigenvalue weighted by Gasteiger charge is 2.17. The van der Waals surface area contributed by atoms with Crippen LogP contribution in [0, 0.1) is 0 Å². The van der Waals surface area contributed by atoms with Gasteiger partial charge in [0.15, 0.2) is 11.6 Å². The Hall–Kier alpha value is -2.82. The molecule has 0 aliphatic heterocycles. The molecule has 0 amide bonds. The summed E-state index contributed by atoms with van der Waals surface area (Å²) in [4.78, 5) is 23.0. The highest BCUT2D eigenvalue weighted by Crippen LogP contribution is 2.36. The molecule has 21 heavy (non-hydrogen) atoms. The maximum absolute atomic E-state index is 11.5. The third-order valence-electron chi connectivity index (χ3n) is 3.46. The molecule has 0 aliphatic rings. The number of ketones is 2. The Kier molecular flexibility index (Phi) is 2.73. The number of hydrogen-bond donors (Lipinski definition) is 2. The van der Waals surface area contributed by atoms with Crippen molar-refractivity contribution in [2.45, 2.75) is 13.8 Å². The molecule has 0 saturated carbocycles. The van der Waals surface area contributed by atoms with E-state index in [4.69, 9.17) is 4.42 Å². The molecule has 0 spiro atoms. The van der Waals surface area contributed by atoms with Gasteiger partial charge in [0.1, 0.15) is 22.7 Å². The highest BCUT2D eigenvalue weighted by atomic mass is 16.3. The molecule has 0 atom stereocenters. The van der Waals surface area contributed by atoms with Crippen molar-refractivity contribution in [3.8, 4) is 11.5 Å². The van der Waals surface area contributed by atoms with Gasteiger partial charge in [-0.1, -0.05) is 0 Å². The predicted octanol–water partition coefficient (Wildman–Crippen LogP) is 3.40. The van der Waals surface area contributed by atoms with E-state index in [0.29, 0.717) is 21.9 Å². The molecule has 106 valence electrons. The van der Waals surface area contributed by atoms with Crippen LogP contribution in [0.25, 0.3) is 21.9 Å². The van der Waals surface area contributed by atoms with Crippen molar-refractivity contribution in [2.75, 3.05) is 0 Å². The monoisotopic (exact) mass is 284 g/mol. The molecule has 0 fully saturated rings. The number of hydrogen-bond acceptors (Lipinski definition) is 5. The van der Waals surface area contributed by atoms with Crippen molar-refractivity contribution in [1.29, 1.82) is 0 Å². The minimum Gasteiger partial charge on any atom is -0.507 e. The van der Waals surface area contributed by atoms with Crippen molar-refractivity contribution >= 4 is 33.5 Å². The van der Waals surface area contributed by atoms with Crippen molar-refractivity contribution in [3.63, 3.8) is 0 Å². The molecule has 1 aromatic heterocycles. The van der Waals surface area contributed by atoms with Gasteiger partial charge in [-0.2, -0.15) is 0 Å². The van der Waals surface area contributed by atoms with E-state index >= 15 is 0 Å². The molecule has 0 aliphatic carbocycles. The topological polar surface area (TPSA) is 87.7 Å². The molecule has 5 nitrogen and oxygen atoms in total. The van der Waals surface area contributed by atoms with E-state index < -0.39 is 0 Å². The van der Waals surface area contributed by atoms with Gasteiger partial charge in [-0.15, -0.1) is 0 Å². The molecular formula is C16H12O5. The number of phenols is 2. The summed E-state index contributed by atoms with van der Waals surface area (Å²) in [5.74, 6) is -0.862. The van der Waals surface area contributed by atoms with Crippen molar-refractivity contribution in [3.05, 3.63) is 35.4 Å². The summed E-state index contributed by atoms with van der Waals surface area (Å²) in [5, 5.41) is 20.8. The van der Waals surface area contributed by atoms with E-state index in [1.165, 1.54) is 38.1 Å². The first-order valence-electron chi connectivity index (χ1n) is 6.32. The van der Waals surface area contributed by atoms with E-state index in [1.54, 1.807) is 0 Å². The number of benzene rings is 2. The van der Waals surface area contributed by atoms with Crippen LogP contribution in [-0.4, -0.2) is 21.8 Å².